The molecule has 0 saturated carbocycles. The Labute approximate surface area is 104 Å². The van der Waals surface area contributed by atoms with Crippen LogP contribution in [0.2, 0.25) is 0 Å². The van der Waals surface area contributed by atoms with Gasteiger partial charge in [0.1, 0.15) is 0 Å². The Morgan fingerprint density at radius 3 is 2.81 bits per heavy atom. The van der Waals surface area contributed by atoms with Crippen LogP contribution in [0.15, 0.2) is 28.7 Å². The Hall–Kier alpha value is -0.870. The molecular weight excluding hydrogens is 270 g/mol. The van der Waals surface area contributed by atoms with E-state index in [1.54, 1.807) is 6.92 Å². The van der Waals surface area contributed by atoms with Gasteiger partial charge >= 0.3 is 5.97 Å². The second-order valence-corrected chi connectivity index (χ2v) is 4.28. The molecule has 88 valence electrons. The van der Waals surface area contributed by atoms with E-state index in [-0.39, 0.29) is 18.6 Å². The highest BCUT2D eigenvalue weighted by atomic mass is 79.9. The molecular formula is C12H16BrNO2. The number of hydrogen-bond acceptors (Lipinski definition) is 3. The molecule has 1 N–H and O–H groups in total. The summed E-state index contributed by atoms with van der Waals surface area (Å²) < 4.78 is 5.89. The van der Waals surface area contributed by atoms with Crippen LogP contribution in [0.1, 0.15) is 25.5 Å². The summed E-state index contributed by atoms with van der Waals surface area (Å²) >= 11 is 3.48. The number of esters is 1. The number of carbonyl (C=O) groups is 1. The molecule has 3 nitrogen and oxygen atoms in total. The standard InChI is InChI=1S/C12H16BrNO2/c1-3-16-12(15)8-14-9(2)10-6-4-5-7-11(10)13/h4-7,9,14H,3,8H2,1-2H3/t9-/m1/s1. The number of hydrogen-bond donors (Lipinski definition) is 1. The summed E-state index contributed by atoms with van der Waals surface area (Å²) in [6.45, 7) is 4.47. The van der Waals surface area contributed by atoms with E-state index >= 15 is 0 Å². The summed E-state index contributed by atoms with van der Waals surface area (Å²) in [6, 6.07) is 8.05. The maximum atomic E-state index is 11.2. The van der Waals surface area contributed by atoms with E-state index in [1.165, 1.54) is 0 Å². The third-order valence-electron chi connectivity index (χ3n) is 2.23. The zero-order valence-corrected chi connectivity index (χ0v) is 11.1. The highest BCUT2D eigenvalue weighted by Crippen LogP contribution is 2.22. The zero-order valence-electron chi connectivity index (χ0n) is 9.50. The molecule has 0 aromatic heterocycles. The third kappa shape index (κ3) is 3.94. The molecule has 0 aliphatic heterocycles. The van der Waals surface area contributed by atoms with Crippen molar-refractivity contribution in [2.24, 2.45) is 0 Å². The molecule has 1 aromatic carbocycles. The van der Waals surface area contributed by atoms with Gasteiger partial charge in [0.05, 0.1) is 13.2 Å². The van der Waals surface area contributed by atoms with E-state index < -0.39 is 0 Å². The van der Waals surface area contributed by atoms with Crippen LogP contribution >= 0.6 is 15.9 Å². The van der Waals surface area contributed by atoms with Crippen LogP contribution in [0.4, 0.5) is 0 Å². The van der Waals surface area contributed by atoms with Crippen molar-refractivity contribution in [2.75, 3.05) is 13.2 Å². The first kappa shape index (κ1) is 13.2. The molecule has 0 aliphatic rings. The highest BCUT2D eigenvalue weighted by molar-refractivity contribution is 9.10. The average Bonchev–Trinajstić information content (AvgIpc) is 2.27. The summed E-state index contributed by atoms with van der Waals surface area (Å²) in [5.74, 6) is -0.221. The van der Waals surface area contributed by atoms with Crippen LogP contribution in [0.3, 0.4) is 0 Å². The fraction of sp³-hybridized carbons (Fsp3) is 0.417. The van der Waals surface area contributed by atoms with Gasteiger partial charge in [0.2, 0.25) is 0 Å². The minimum absolute atomic E-state index is 0.111. The Kier molecular flexibility index (Phi) is 5.49. The molecule has 0 aliphatic carbocycles. The van der Waals surface area contributed by atoms with E-state index in [0.717, 1.165) is 10.0 Å². The smallest absolute Gasteiger partial charge is 0.319 e. The van der Waals surface area contributed by atoms with Crippen LogP contribution in [0.5, 0.6) is 0 Å². The van der Waals surface area contributed by atoms with Crippen molar-refractivity contribution in [1.82, 2.24) is 5.32 Å². The quantitative estimate of drug-likeness (QED) is 0.846. The Balaban J connectivity index is 2.50. The average molecular weight is 286 g/mol. The second kappa shape index (κ2) is 6.66. The molecule has 0 bridgehead atoms. The van der Waals surface area contributed by atoms with E-state index in [0.29, 0.717) is 6.61 Å². The third-order valence-corrected chi connectivity index (χ3v) is 2.95. The normalized spacial score (nSPS) is 12.2. The van der Waals surface area contributed by atoms with Gasteiger partial charge in [-0.25, -0.2) is 0 Å². The molecule has 1 aromatic rings. The van der Waals surface area contributed by atoms with Crippen LogP contribution in [0, 0.1) is 0 Å². The number of nitrogens with one attached hydrogen (secondary N) is 1. The molecule has 0 heterocycles. The van der Waals surface area contributed by atoms with Gasteiger partial charge in [0, 0.05) is 10.5 Å². The SMILES string of the molecule is CCOC(=O)CN[C@H](C)c1ccccc1Br. The second-order valence-electron chi connectivity index (χ2n) is 3.43. The number of ether oxygens (including phenoxy) is 1. The number of benzene rings is 1. The summed E-state index contributed by atoms with van der Waals surface area (Å²) in [5.41, 5.74) is 1.13. The van der Waals surface area contributed by atoms with Crippen molar-refractivity contribution in [2.45, 2.75) is 19.9 Å². The first-order chi connectivity index (χ1) is 7.65. The molecule has 0 spiro atoms. The maximum Gasteiger partial charge on any atom is 0.319 e. The Morgan fingerprint density at radius 2 is 2.19 bits per heavy atom. The van der Waals surface area contributed by atoms with Crippen molar-refractivity contribution in [3.8, 4) is 0 Å². The van der Waals surface area contributed by atoms with E-state index in [1.807, 2.05) is 31.2 Å². The Bertz CT molecular complexity index is 355. The molecule has 0 fully saturated rings. The lowest BCUT2D eigenvalue weighted by Crippen LogP contribution is -2.27. The molecule has 1 rings (SSSR count). The van der Waals surface area contributed by atoms with Gasteiger partial charge in [-0.1, -0.05) is 34.1 Å². The van der Waals surface area contributed by atoms with Gasteiger partial charge in [-0.3, -0.25) is 4.79 Å². The minimum Gasteiger partial charge on any atom is -0.465 e. The van der Waals surface area contributed by atoms with Crippen LogP contribution < -0.4 is 5.32 Å². The van der Waals surface area contributed by atoms with Crippen molar-refractivity contribution in [3.05, 3.63) is 34.3 Å². The topological polar surface area (TPSA) is 38.3 Å². The van der Waals surface area contributed by atoms with Gasteiger partial charge in [-0.05, 0) is 25.5 Å². The number of rotatable bonds is 5. The van der Waals surface area contributed by atoms with Gasteiger partial charge < -0.3 is 10.1 Å². The predicted octanol–water partition coefficient (Wildman–Crippen LogP) is 2.66. The van der Waals surface area contributed by atoms with Crippen LogP contribution in [-0.4, -0.2) is 19.1 Å². The largest absolute Gasteiger partial charge is 0.465 e. The molecule has 0 radical (unpaired) electrons. The van der Waals surface area contributed by atoms with Gasteiger partial charge in [0.25, 0.3) is 0 Å². The lowest BCUT2D eigenvalue weighted by molar-refractivity contribution is -0.142. The highest BCUT2D eigenvalue weighted by Gasteiger charge is 2.10. The van der Waals surface area contributed by atoms with Crippen molar-refractivity contribution in [1.29, 1.82) is 0 Å². The first-order valence-corrected chi connectivity index (χ1v) is 6.08. The van der Waals surface area contributed by atoms with Crippen LogP contribution in [-0.2, 0) is 9.53 Å². The fourth-order valence-electron chi connectivity index (χ4n) is 1.38. The van der Waals surface area contributed by atoms with Gasteiger partial charge in [-0.2, -0.15) is 0 Å². The van der Waals surface area contributed by atoms with E-state index in [2.05, 4.69) is 21.2 Å². The maximum absolute atomic E-state index is 11.2. The van der Waals surface area contributed by atoms with Gasteiger partial charge in [-0.15, -0.1) is 0 Å². The lowest BCUT2D eigenvalue weighted by Gasteiger charge is -2.15. The first-order valence-electron chi connectivity index (χ1n) is 5.28. The van der Waals surface area contributed by atoms with Crippen molar-refractivity contribution < 1.29 is 9.53 Å². The lowest BCUT2D eigenvalue weighted by atomic mass is 10.1. The monoisotopic (exact) mass is 285 g/mol. The molecule has 4 heteroatoms. The van der Waals surface area contributed by atoms with Crippen molar-refractivity contribution in [3.63, 3.8) is 0 Å². The van der Waals surface area contributed by atoms with Crippen LogP contribution in [0.25, 0.3) is 0 Å². The van der Waals surface area contributed by atoms with E-state index in [4.69, 9.17) is 4.74 Å². The van der Waals surface area contributed by atoms with E-state index in [9.17, 15) is 4.79 Å². The summed E-state index contributed by atoms with van der Waals surface area (Å²) in [5, 5.41) is 3.12. The molecule has 0 saturated heterocycles. The Morgan fingerprint density at radius 1 is 1.50 bits per heavy atom. The molecule has 0 unspecified atom stereocenters. The number of carbonyl (C=O) groups excluding carboxylic acids is 1. The summed E-state index contributed by atoms with van der Waals surface area (Å²) in [7, 11) is 0. The predicted molar refractivity (Wildman–Crippen MR) is 67.2 cm³/mol. The van der Waals surface area contributed by atoms with Crippen molar-refractivity contribution >= 4 is 21.9 Å². The molecule has 1 atom stereocenters. The fourth-order valence-corrected chi connectivity index (χ4v) is 2.01. The summed E-state index contributed by atoms with van der Waals surface area (Å²) in [4.78, 5) is 11.2. The van der Waals surface area contributed by atoms with Gasteiger partial charge in [0.15, 0.2) is 0 Å². The number of halogens is 1. The molecule has 16 heavy (non-hydrogen) atoms. The minimum atomic E-state index is -0.221. The zero-order chi connectivity index (χ0) is 12.0. The summed E-state index contributed by atoms with van der Waals surface area (Å²) in [6.07, 6.45) is 0. The molecule has 0 amide bonds.